The van der Waals surface area contributed by atoms with Crippen LogP contribution in [0.4, 0.5) is 0 Å². The van der Waals surface area contributed by atoms with Crippen molar-refractivity contribution in [3.63, 3.8) is 0 Å². The van der Waals surface area contributed by atoms with Gasteiger partial charge in [-0.1, -0.05) is 24.3 Å². The first-order valence-corrected chi connectivity index (χ1v) is 10.4. The predicted octanol–water partition coefficient (Wildman–Crippen LogP) is 1.60. The molecular weight excluding hydrogens is 396 g/mol. The van der Waals surface area contributed by atoms with Gasteiger partial charge < -0.3 is 19.4 Å². The fraction of sp³-hybridized carbons (Fsp3) is 0.364. The quantitative estimate of drug-likeness (QED) is 0.685. The van der Waals surface area contributed by atoms with Crippen LogP contribution < -0.4 is 14.8 Å². The van der Waals surface area contributed by atoms with E-state index in [2.05, 4.69) is 49.7 Å². The van der Waals surface area contributed by atoms with Crippen molar-refractivity contribution in [2.75, 3.05) is 26.7 Å². The summed E-state index contributed by atoms with van der Waals surface area (Å²) in [5.74, 6) is 2.27. The number of nitrogens with zero attached hydrogens (tertiary/aromatic N) is 5. The molecule has 160 valence electrons. The van der Waals surface area contributed by atoms with E-state index in [1.165, 1.54) is 5.56 Å². The maximum absolute atomic E-state index is 12.0. The fourth-order valence-electron chi connectivity index (χ4n) is 3.97. The number of benzene rings is 1. The van der Waals surface area contributed by atoms with Crippen LogP contribution in [-0.4, -0.2) is 57.3 Å². The minimum Gasteiger partial charge on any atom is -0.484 e. The number of pyridine rings is 1. The van der Waals surface area contributed by atoms with Gasteiger partial charge in [-0.25, -0.2) is 4.98 Å². The molecule has 0 fully saturated rings. The van der Waals surface area contributed by atoms with E-state index in [-0.39, 0.29) is 12.0 Å². The summed E-state index contributed by atoms with van der Waals surface area (Å²) in [5.41, 5.74) is 2.29. The zero-order valence-electron chi connectivity index (χ0n) is 17.3. The van der Waals surface area contributed by atoms with Gasteiger partial charge in [0.15, 0.2) is 11.9 Å². The molecule has 3 aromatic rings. The molecule has 1 amide bonds. The van der Waals surface area contributed by atoms with Crippen LogP contribution in [0.2, 0.25) is 0 Å². The Balaban J connectivity index is 1.22. The van der Waals surface area contributed by atoms with Gasteiger partial charge >= 0.3 is 0 Å². The number of nitrogens with one attached hydrogen (secondary N) is 1. The summed E-state index contributed by atoms with van der Waals surface area (Å²) in [6.07, 6.45) is 2.30. The Morgan fingerprint density at radius 2 is 2.03 bits per heavy atom. The van der Waals surface area contributed by atoms with Gasteiger partial charge in [-0.05, 0) is 23.3 Å². The van der Waals surface area contributed by atoms with Crippen molar-refractivity contribution >= 4 is 5.91 Å². The smallest absolute Gasteiger partial charge is 0.288 e. The monoisotopic (exact) mass is 420 g/mol. The molecule has 0 saturated carbocycles. The molecule has 0 radical (unpaired) electrons. The minimum absolute atomic E-state index is 0.165. The van der Waals surface area contributed by atoms with Crippen LogP contribution in [0.1, 0.15) is 33.7 Å². The topological polar surface area (TPSA) is 94.4 Å². The standard InChI is InChI=1S/C22H24N6O3/c1-23-21(29)20-26-25-19-8-10-27(11-12-28(19)20)13-15-4-6-16(7-5-15)18-14-30-17-3-2-9-24-22(17)31-18/h2-7,9,18H,8,10-14H2,1H3,(H,23,29). The van der Waals surface area contributed by atoms with Gasteiger partial charge in [-0.3, -0.25) is 9.69 Å². The van der Waals surface area contributed by atoms with Gasteiger partial charge in [0.2, 0.25) is 5.82 Å². The maximum Gasteiger partial charge on any atom is 0.288 e. The number of hydrogen-bond donors (Lipinski definition) is 1. The normalized spacial score (nSPS) is 18.2. The number of fused-ring (bicyclic) bond motifs is 2. The van der Waals surface area contributed by atoms with Gasteiger partial charge in [0.05, 0.1) is 0 Å². The summed E-state index contributed by atoms with van der Waals surface area (Å²) in [6.45, 7) is 3.70. The van der Waals surface area contributed by atoms with Crippen molar-refractivity contribution in [2.24, 2.45) is 0 Å². The lowest BCUT2D eigenvalue weighted by Crippen LogP contribution is -2.28. The summed E-state index contributed by atoms with van der Waals surface area (Å²) in [4.78, 5) is 18.6. The maximum atomic E-state index is 12.0. The summed E-state index contributed by atoms with van der Waals surface area (Å²) < 4.78 is 13.7. The van der Waals surface area contributed by atoms with Crippen LogP contribution in [0.15, 0.2) is 42.6 Å². The van der Waals surface area contributed by atoms with Gasteiger partial charge in [-0.15, -0.1) is 10.2 Å². The molecule has 1 N–H and O–H groups in total. The number of carbonyl (C=O) groups is 1. The van der Waals surface area contributed by atoms with Gasteiger partial charge in [-0.2, -0.15) is 0 Å². The first-order valence-electron chi connectivity index (χ1n) is 10.4. The molecule has 1 unspecified atom stereocenters. The molecule has 1 atom stereocenters. The Kier molecular flexibility index (Phi) is 5.25. The molecule has 2 aliphatic heterocycles. The van der Waals surface area contributed by atoms with E-state index in [4.69, 9.17) is 9.47 Å². The molecule has 4 heterocycles. The van der Waals surface area contributed by atoms with E-state index in [1.54, 1.807) is 13.2 Å². The molecule has 0 bridgehead atoms. The highest BCUT2D eigenvalue weighted by molar-refractivity contribution is 5.90. The Labute approximate surface area is 180 Å². The number of carbonyl (C=O) groups excluding carboxylic acids is 1. The molecule has 0 spiro atoms. The molecule has 9 nitrogen and oxygen atoms in total. The average molecular weight is 420 g/mol. The van der Waals surface area contributed by atoms with Crippen LogP contribution in [-0.2, 0) is 19.5 Å². The molecule has 5 rings (SSSR count). The second-order valence-electron chi connectivity index (χ2n) is 7.66. The molecule has 0 aliphatic carbocycles. The lowest BCUT2D eigenvalue weighted by molar-refractivity contribution is 0.0851. The number of ether oxygens (including phenoxy) is 2. The molecule has 1 aromatic carbocycles. The summed E-state index contributed by atoms with van der Waals surface area (Å²) >= 11 is 0. The average Bonchev–Trinajstić information content (AvgIpc) is 3.13. The van der Waals surface area contributed by atoms with Crippen LogP contribution in [0, 0.1) is 0 Å². The highest BCUT2D eigenvalue weighted by Gasteiger charge is 2.24. The van der Waals surface area contributed by atoms with Crippen molar-refractivity contribution in [3.05, 3.63) is 65.4 Å². The van der Waals surface area contributed by atoms with Crippen LogP contribution >= 0.6 is 0 Å². The largest absolute Gasteiger partial charge is 0.484 e. The van der Waals surface area contributed by atoms with E-state index >= 15 is 0 Å². The third kappa shape index (κ3) is 3.96. The van der Waals surface area contributed by atoms with Crippen molar-refractivity contribution in [1.29, 1.82) is 0 Å². The summed E-state index contributed by atoms with van der Waals surface area (Å²) in [5, 5.41) is 10.9. The number of aromatic nitrogens is 4. The van der Waals surface area contributed by atoms with Gasteiger partial charge in [0, 0.05) is 45.8 Å². The van der Waals surface area contributed by atoms with E-state index in [1.807, 2.05) is 16.7 Å². The number of amides is 1. The van der Waals surface area contributed by atoms with Gasteiger partial charge in [0.1, 0.15) is 12.4 Å². The molecular formula is C22H24N6O3. The van der Waals surface area contributed by atoms with Crippen molar-refractivity contribution in [2.45, 2.75) is 25.6 Å². The first-order chi connectivity index (χ1) is 15.2. The fourth-order valence-corrected chi connectivity index (χ4v) is 3.97. The third-order valence-corrected chi connectivity index (χ3v) is 5.69. The van der Waals surface area contributed by atoms with Crippen molar-refractivity contribution in [3.8, 4) is 11.6 Å². The second-order valence-corrected chi connectivity index (χ2v) is 7.66. The van der Waals surface area contributed by atoms with Crippen LogP contribution in [0.25, 0.3) is 0 Å². The molecule has 2 aliphatic rings. The molecule has 31 heavy (non-hydrogen) atoms. The first kappa shape index (κ1) is 19.5. The second kappa shape index (κ2) is 8.35. The third-order valence-electron chi connectivity index (χ3n) is 5.69. The van der Waals surface area contributed by atoms with Crippen LogP contribution in [0.5, 0.6) is 11.6 Å². The number of hydrogen-bond acceptors (Lipinski definition) is 7. The van der Waals surface area contributed by atoms with Crippen LogP contribution in [0.3, 0.4) is 0 Å². The number of rotatable bonds is 4. The summed E-state index contributed by atoms with van der Waals surface area (Å²) in [7, 11) is 1.61. The molecule has 9 heteroatoms. The zero-order valence-corrected chi connectivity index (χ0v) is 17.3. The summed E-state index contributed by atoms with van der Waals surface area (Å²) in [6, 6.07) is 12.1. The Bertz CT molecular complexity index is 1080. The predicted molar refractivity (Wildman–Crippen MR) is 112 cm³/mol. The van der Waals surface area contributed by atoms with Gasteiger partial charge in [0.25, 0.3) is 11.8 Å². The van der Waals surface area contributed by atoms with E-state index < -0.39 is 0 Å². The lowest BCUT2D eigenvalue weighted by atomic mass is 10.1. The SMILES string of the molecule is CNC(=O)c1nnc2n1CCN(Cc1ccc(C3COc4cccnc4O3)cc1)CC2. The molecule has 0 saturated heterocycles. The zero-order chi connectivity index (χ0) is 21.2. The lowest BCUT2D eigenvalue weighted by Gasteiger charge is -2.26. The highest BCUT2D eigenvalue weighted by atomic mass is 16.6. The van der Waals surface area contributed by atoms with E-state index in [0.717, 1.165) is 37.4 Å². The van der Waals surface area contributed by atoms with E-state index in [0.29, 0.717) is 30.6 Å². The molecule has 2 aromatic heterocycles. The Hall–Kier alpha value is -3.46. The minimum atomic E-state index is -0.200. The Morgan fingerprint density at radius 1 is 1.16 bits per heavy atom. The highest BCUT2D eigenvalue weighted by Crippen LogP contribution is 2.34. The Morgan fingerprint density at radius 3 is 2.87 bits per heavy atom. The van der Waals surface area contributed by atoms with Crippen molar-refractivity contribution in [1.82, 2.24) is 30.0 Å². The van der Waals surface area contributed by atoms with E-state index in [9.17, 15) is 4.79 Å². The van der Waals surface area contributed by atoms with Crippen molar-refractivity contribution < 1.29 is 14.3 Å².